The van der Waals surface area contributed by atoms with Crippen LogP contribution >= 0.6 is 0 Å². The molecular formula is C4H5NO3. The van der Waals surface area contributed by atoms with Crippen molar-refractivity contribution >= 4 is 11.9 Å². The predicted octanol–water partition coefficient (Wildman–Crippen LogP) is -0.729. The van der Waals surface area contributed by atoms with Gasteiger partial charge in [-0.15, -0.1) is 0 Å². The molecule has 0 spiro atoms. The van der Waals surface area contributed by atoms with Gasteiger partial charge in [0.1, 0.15) is 6.10 Å². The number of carbonyl (C=O) groups excluding carboxylic acids is 1. The molecule has 1 fully saturated rings. The maximum Gasteiger partial charge on any atom is 0.315 e. The first kappa shape index (κ1) is 5.24. The highest BCUT2D eigenvalue weighted by atomic mass is 16.6. The van der Waals surface area contributed by atoms with Crippen LogP contribution in [0.2, 0.25) is 0 Å². The van der Waals surface area contributed by atoms with Crippen LogP contribution in [0.3, 0.4) is 0 Å². The summed E-state index contributed by atoms with van der Waals surface area (Å²) in [6.07, 6.45) is -1.07. The van der Waals surface area contributed by atoms with Gasteiger partial charge in [0.05, 0.1) is 6.42 Å². The minimum absolute atomic E-state index is 0.0706. The minimum Gasteiger partial charge on any atom is -0.409 e. The number of carbonyl (C=O) groups is 1. The Hall–Kier alpha value is -0.900. The van der Waals surface area contributed by atoms with Crippen molar-refractivity contribution in [3.63, 3.8) is 0 Å². The molecule has 8 heavy (non-hydrogen) atoms. The molecule has 4 nitrogen and oxygen atoms in total. The molecule has 0 aliphatic carbocycles. The number of rotatable bonds is 0. The molecule has 44 valence electrons. The Morgan fingerprint density at radius 3 is 2.62 bits per heavy atom. The monoisotopic (exact) mass is 115 g/mol. The molecule has 1 heterocycles. The van der Waals surface area contributed by atoms with Gasteiger partial charge in [-0.3, -0.25) is 10.2 Å². The largest absolute Gasteiger partial charge is 0.409 e. The summed E-state index contributed by atoms with van der Waals surface area (Å²) in [5, 5.41) is 15.3. The van der Waals surface area contributed by atoms with Gasteiger partial charge in [-0.25, -0.2) is 0 Å². The second-order valence-electron chi connectivity index (χ2n) is 1.56. The molecule has 0 aromatic carbocycles. The number of nitrogens with one attached hydrogen (secondary N) is 1. The molecule has 1 unspecified atom stereocenters. The molecule has 1 aliphatic rings. The molecule has 0 aromatic rings. The maximum atomic E-state index is 10.1. The average Bonchev–Trinajstić information content (AvgIpc) is 1.85. The molecule has 0 radical (unpaired) electrons. The van der Waals surface area contributed by atoms with E-state index >= 15 is 0 Å². The van der Waals surface area contributed by atoms with Crippen molar-refractivity contribution in [3.05, 3.63) is 0 Å². The minimum atomic E-state index is -0.998. The Labute approximate surface area is 45.6 Å². The Morgan fingerprint density at radius 1 is 1.88 bits per heavy atom. The Morgan fingerprint density at radius 2 is 2.50 bits per heavy atom. The fourth-order valence-corrected chi connectivity index (χ4v) is 0.483. The lowest BCUT2D eigenvalue weighted by atomic mass is 10.3. The lowest BCUT2D eigenvalue weighted by molar-refractivity contribution is -0.133. The standard InChI is InChI=1S/C4H5NO3/c5-4-2(6)1-3(7)8-4/h2,5-6H,1H2. The molecule has 2 N–H and O–H groups in total. The summed E-state index contributed by atoms with van der Waals surface area (Å²) in [7, 11) is 0. The lowest BCUT2D eigenvalue weighted by Crippen LogP contribution is -2.10. The summed E-state index contributed by atoms with van der Waals surface area (Å²) < 4.78 is 4.17. The highest BCUT2D eigenvalue weighted by Crippen LogP contribution is 2.06. The van der Waals surface area contributed by atoms with E-state index in [0.29, 0.717) is 0 Å². The van der Waals surface area contributed by atoms with Crippen LogP contribution in [-0.4, -0.2) is 23.1 Å². The summed E-state index contributed by atoms with van der Waals surface area (Å²) >= 11 is 0. The van der Waals surface area contributed by atoms with E-state index < -0.39 is 12.1 Å². The van der Waals surface area contributed by atoms with E-state index in [1.54, 1.807) is 0 Å². The van der Waals surface area contributed by atoms with Crippen molar-refractivity contribution in [3.8, 4) is 0 Å². The molecule has 0 aromatic heterocycles. The van der Waals surface area contributed by atoms with Crippen molar-refractivity contribution in [2.24, 2.45) is 0 Å². The summed E-state index contributed by atoms with van der Waals surface area (Å²) in [5.41, 5.74) is 0. The zero-order chi connectivity index (χ0) is 6.15. The number of ether oxygens (including phenoxy) is 1. The van der Waals surface area contributed by atoms with Crippen molar-refractivity contribution < 1.29 is 14.6 Å². The Kier molecular flexibility index (Phi) is 1.02. The van der Waals surface area contributed by atoms with Gasteiger partial charge in [0, 0.05) is 0 Å². The van der Waals surface area contributed by atoms with E-state index in [1.807, 2.05) is 0 Å². The number of esters is 1. The van der Waals surface area contributed by atoms with Gasteiger partial charge in [0.15, 0.2) is 0 Å². The molecule has 1 saturated heterocycles. The number of hydrogen-bond acceptors (Lipinski definition) is 4. The van der Waals surface area contributed by atoms with Gasteiger partial charge in [-0.2, -0.15) is 0 Å². The van der Waals surface area contributed by atoms with Gasteiger partial charge in [-0.05, 0) is 0 Å². The first-order chi connectivity index (χ1) is 3.70. The molecular weight excluding hydrogens is 110 g/mol. The van der Waals surface area contributed by atoms with Crippen molar-refractivity contribution in [1.29, 1.82) is 5.41 Å². The van der Waals surface area contributed by atoms with Crippen molar-refractivity contribution in [1.82, 2.24) is 0 Å². The fraction of sp³-hybridized carbons (Fsp3) is 0.500. The van der Waals surface area contributed by atoms with Crippen LogP contribution in [0, 0.1) is 5.41 Å². The number of aliphatic hydroxyl groups is 1. The van der Waals surface area contributed by atoms with Crippen LogP contribution in [0.5, 0.6) is 0 Å². The summed E-state index contributed by atoms with van der Waals surface area (Å²) in [4.78, 5) is 10.1. The van der Waals surface area contributed by atoms with E-state index in [0.717, 1.165) is 0 Å². The van der Waals surface area contributed by atoms with Crippen LogP contribution in [0.4, 0.5) is 0 Å². The Bertz CT molecular complexity index is 142. The third kappa shape index (κ3) is 0.696. The van der Waals surface area contributed by atoms with Crippen LogP contribution in [-0.2, 0) is 9.53 Å². The fourth-order valence-electron chi connectivity index (χ4n) is 0.483. The van der Waals surface area contributed by atoms with Gasteiger partial charge in [0.2, 0.25) is 5.90 Å². The lowest BCUT2D eigenvalue weighted by Gasteiger charge is -1.90. The number of hydrogen-bond donors (Lipinski definition) is 2. The SMILES string of the molecule is N=C1OC(=O)CC1O. The normalized spacial score (nSPS) is 28.4. The van der Waals surface area contributed by atoms with Crippen molar-refractivity contribution in [2.75, 3.05) is 0 Å². The zero-order valence-electron chi connectivity index (χ0n) is 4.05. The van der Waals surface area contributed by atoms with Crippen molar-refractivity contribution in [2.45, 2.75) is 12.5 Å². The molecule has 1 atom stereocenters. The molecule has 0 amide bonds. The molecule has 0 saturated carbocycles. The summed E-state index contributed by atoms with van der Waals surface area (Å²) in [5.74, 6) is -0.863. The second-order valence-corrected chi connectivity index (χ2v) is 1.56. The van der Waals surface area contributed by atoms with Crippen LogP contribution in [0.1, 0.15) is 6.42 Å². The quantitative estimate of drug-likeness (QED) is 0.409. The third-order valence-corrected chi connectivity index (χ3v) is 0.886. The van der Waals surface area contributed by atoms with E-state index in [9.17, 15) is 4.79 Å². The molecule has 1 rings (SSSR count). The number of cyclic esters (lactones) is 1. The Balaban J connectivity index is 2.64. The molecule has 0 bridgehead atoms. The first-order valence-electron chi connectivity index (χ1n) is 2.17. The maximum absolute atomic E-state index is 10.1. The predicted molar refractivity (Wildman–Crippen MR) is 24.4 cm³/mol. The van der Waals surface area contributed by atoms with E-state index in [1.165, 1.54) is 0 Å². The number of aliphatic hydroxyl groups excluding tert-OH is 1. The average molecular weight is 115 g/mol. The third-order valence-electron chi connectivity index (χ3n) is 0.886. The van der Waals surface area contributed by atoms with Gasteiger partial charge in [0.25, 0.3) is 0 Å². The van der Waals surface area contributed by atoms with E-state index in [2.05, 4.69) is 4.74 Å². The second kappa shape index (κ2) is 1.56. The van der Waals surface area contributed by atoms with Crippen LogP contribution in [0.25, 0.3) is 0 Å². The van der Waals surface area contributed by atoms with Crippen LogP contribution < -0.4 is 0 Å². The van der Waals surface area contributed by atoms with Gasteiger partial charge < -0.3 is 9.84 Å². The summed E-state index contributed by atoms with van der Waals surface area (Å²) in [6.45, 7) is 0. The zero-order valence-corrected chi connectivity index (χ0v) is 4.05. The topological polar surface area (TPSA) is 70.4 Å². The molecule has 4 heteroatoms. The van der Waals surface area contributed by atoms with E-state index in [4.69, 9.17) is 10.5 Å². The highest BCUT2D eigenvalue weighted by molar-refractivity contribution is 5.97. The molecule has 1 aliphatic heterocycles. The summed E-state index contributed by atoms with van der Waals surface area (Å²) in [6, 6.07) is 0. The van der Waals surface area contributed by atoms with E-state index in [-0.39, 0.29) is 12.3 Å². The van der Waals surface area contributed by atoms with Crippen LogP contribution in [0.15, 0.2) is 0 Å². The smallest absolute Gasteiger partial charge is 0.315 e. The van der Waals surface area contributed by atoms with Gasteiger partial charge in [-0.1, -0.05) is 0 Å². The first-order valence-corrected chi connectivity index (χ1v) is 2.17. The van der Waals surface area contributed by atoms with Gasteiger partial charge >= 0.3 is 5.97 Å². The highest BCUT2D eigenvalue weighted by Gasteiger charge is 2.27.